The van der Waals surface area contributed by atoms with Crippen molar-refractivity contribution in [2.45, 2.75) is 64.1 Å². The maximum absolute atomic E-state index is 12.4. The molecule has 0 heterocycles. The Morgan fingerprint density at radius 1 is 1.20 bits per heavy atom. The molecule has 1 fully saturated rings. The predicted molar refractivity (Wildman–Crippen MR) is 52.5 cm³/mol. The Kier molecular flexibility index (Phi) is 3.39. The van der Waals surface area contributed by atoms with Crippen molar-refractivity contribution in [2.75, 3.05) is 0 Å². The lowest BCUT2D eigenvalue weighted by Gasteiger charge is -2.53. The molecule has 1 N–H and O–H groups in total. The van der Waals surface area contributed by atoms with E-state index in [2.05, 4.69) is 0 Å². The summed E-state index contributed by atoms with van der Waals surface area (Å²) >= 11 is 0. The maximum Gasteiger partial charge on any atom is 0.417 e. The lowest BCUT2D eigenvalue weighted by atomic mass is 9.55. The van der Waals surface area contributed by atoms with Crippen LogP contribution in [0.2, 0.25) is 0 Å². The summed E-state index contributed by atoms with van der Waals surface area (Å²) < 4.78 is 37.3. The normalized spacial score (nSPS) is 36.4. The molecule has 0 aromatic carbocycles. The highest BCUT2D eigenvalue weighted by atomic mass is 19.4. The van der Waals surface area contributed by atoms with Gasteiger partial charge in [-0.1, -0.05) is 33.1 Å². The first-order valence-electron chi connectivity index (χ1n) is 5.58. The monoisotopic (exact) mass is 224 g/mol. The third-order valence-corrected chi connectivity index (χ3v) is 3.67. The molecule has 0 spiro atoms. The number of hydrogen-bond acceptors (Lipinski definition) is 1. The maximum atomic E-state index is 12.4. The fourth-order valence-electron chi connectivity index (χ4n) is 2.54. The number of aliphatic hydroxyl groups is 1. The van der Waals surface area contributed by atoms with Crippen molar-refractivity contribution in [1.82, 2.24) is 0 Å². The van der Waals surface area contributed by atoms with E-state index in [4.69, 9.17) is 0 Å². The van der Waals surface area contributed by atoms with E-state index in [1.54, 1.807) is 0 Å². The Hall–Kier alpha value is -0.250. The quantitative estimate of drug-likeness (QED) is 0.772. The van der Waals surface area contributed by atoms with E-state index >= 15 is 0 Å². The highest BCUT2D eigenvalue weighted by Crippen LogP contribution is 2.59. The summed E-state index contributed by atoms with van der Waals surface area (Å²) in [6, 6.07) is 0. The van der Waals surface area contributed by atoms with E-state index in [0.717, 1.165) is 25.7 Å². The van der Waals surface area contributed by atoms with Crippen LogP contribution in [0.3, 0.4) is 0 Å². The van der Waals surface area contributed by atoms with Crippen molar-refractivity contribution in [3.05, 3.63) is 0 Å². The van der Waals surface area contributed by atoms with Crippen LogP contribution in [-0.2, 0) is 0 Å². The van der Waals surface area contributed by atoms with Gasteiger partial charge in [-0.3, -0.25) is 0 Å². The molecule has 0 aliphatic heterocycles. The average molecular weight is 224 g/mol. The van der Waals surface area contributed by atoms with Crippen LogP contribution in [0.4, 0.5) is 13.2 Å². The van der Waals surface area contributed by atoms with Crippen molar-refractivity contribution in [3.63, 3.8) is 0 Å². The number of rotatable bonds is 4. The number of halogens is 3. The van der Waals surface area contributed by atoms with Gasteiger partial charge in [0.2, 0.25) is 0 Å². The Morgan fingerprint density at radius 2 is 1.73 bits per heavy atom. The SMILES string of the molecule is CCCCC1(CC)CC(O)(C(F)(F)F)C1. The van der Waals surface area contributed by atoms with Gasteiger partial charge in [-0.25, -0.2) is 0 Å². The van der Waals surface area contributed by atoms with Crippen LogP contribution in [0.25, 0.3) is 0 Å². The van der Waals surface area contributed by atoms with Crippen molar-refractivity contribution in [3.8, 4) is 0 Å². The Balaban J connectivity index is 2.58. The van der Waals surface area contributed by atoms with Gasteiger partial charge in [0, 0.05) is 0 Å². The van der Waals surface area contributed by atoms with Crippen LogP contribution in [0, 0.1) is 5.41 Å². The minimum atomic E-state index is -4.46. The summed E-state index contributed by atoms with van der Waals surface area (Å²) in [5.74, 6) is 0. The van der Waals surface area contributed by atoms with Gasteiger partial charge in [-0.15, -0.1) is 0 Å². The molecule has 15 heavy (non-hydrogen) atoms. The fraction of sp³-hybridized carbons (Fsp3) is 1.00. The summed E-state index contributed by atoms with van der Waals surface area (Å²) in [6.07, 6.45) is -1.21. The van der Waals surface area contributed by atoms with Crippen molar-refractivity contribution < 1.29 is 18.3 Å². The zero-order valence-electron chi connectivity index (χ0n) is 9.32. The third-order valence-electron chi connectivity index (χ3n) is 3.67. The molecule has 0 saturated heterocycles. The molecule has 0 bridgehead atoms. The highest BCUT2D eigenvalue weighted by Gasteiger charge is 2.65. The standard InChI is InChI=1S/C11H19F3O/c1-3-5-6-9(4-2)7-10(15,8-9)11(12,13)14/h15H,3-8H2,1-2H3. The van der Waals surface area contributed by atoms with Gasteiger partial charge in [0.05, 0.1) is 0 Å². The minimum absolute atomic E-state index is 0.111. The van der Waals surface area contributed by atoms with E-state index in [1.807, 2.05) is 13.8 Å². The molecule has 1 nitrogen and oxygen atoms in total. The van der Waals surface area contributed by atoms with Gasteiger partial charge in [0.1, 0.15) is 0 Å². The molecule has 1 aliphatic rings. The largest absolute Gasteiger partial charge is 0.417 e. The topological polar surface area (TPSA) is 20.2 Å². The summed E-state index contributed by atoms with van der Waals surface area (Å²) in [7, 11) is 0. The number of hydrogen-bond donors (Lipinski definition) is 1. The van der Waals surface area contributed by atoms with Crippen LogP contribution in [0.5, 0.6) is 0 Å². The van der Waals surface area contributed by atoms with Gasteiger partial charge in [0.15, 0.2) is 5.60 Å². The molecule has 0 aromatic rings. The lowest BCUT2D eigenvalue weighted by molar-refractivity contribution is -0.318. The molecule has 90 valence electrons. The van der Waals surface area contributed by atoms with E-state index in [0.29, 0.717) is 0 Å². The van der Waals surface area contributed by atoms with Gasteiger partial charge >= 0.3 is 6.18 Å². The number of alkyl halides is 3. The van der Waals surface area contributed by atoms with E-state index < -0.39 is 11.8 Å². The van der Waals surface area contributed by atoms with Gasteiger partial charge in [0.25, 0.3) is 0 Å². The first kappa shape index (κ1) is 12.8. The second kappa shape index (κ2) is 3.96. The zero-order chi connectivity index (χ0) is 11.7. The van der Waals surface area contributed by atoms with Gasteiger partial charge in [-0.05, 0) is 24.7 Å². The summed E-state index contributed by atoms with van der Waals surface area (Å²) in [5.41, 5.74) is -2.67. The van der Waals surface area contributed by atoms with Crippen molar-refractivity contribution >= 4 is 0 Å². The van der Waals surface area contributed by atoms with Crippen molar-refractivity contribution in [1.29, 1.82) is 0 Å². The molecule has 0 amide bonds. The van der Waals surface area contributed by atoms with Crippen LogP contribution < -0.4 is 0 Å². The first-order valence-corrected chi connectivity index (χ1v) is 5.58. The summed E-state index contributed by atoms with van der Waals surface area (Å²) in [4.78, 5) is 0. The summed E-state index contributed by atoms with van der Waals surface area (Å²) in [6.45, 7) is 3.93. The van der Waals surface area contributed by atoms with Crippen LogP contribution >= 0.6 is 0 Å². The Labute approximate surface area is 88.7 Å². The van der Waals surface area contributed by atoms with Crippen LogP contribution in [-0.4, -0.2) is 16.9 Å². The van der Waals surface area contributed by atoms with Crippen molar-refractivity contribution in [2.24, 2.45) is 5.41 Å². The van der Waals surface area contributed by atoms with Gasteiger partial charge < -0.3 is 5.11 Å². The van der Waals surface area contributed by atoms with Gasteiger partial charge in [-0.2, -0.15) is 13.2 Å². The first-order chi connectivity index (χ1) is 6.79. The zero-order valence-corrected chi connectivity index (χ0v) is 9.32. The number of unbranched alkanes of at least 4 members (excludes halogenated alkanes) is 1. The van der Waals surface area contributed by atoms with Crippen LogP contribution in [0.1, 0.15) is 52.4 Å². The predicted octanol–water partition coefficient (Wildman–Crippen LogP) is 3.66. The summed E-state index contributed by atoms with van der Waals surface area (Å²) in [5, 5.41) is 9.39. The smallest absolute Gasteiger partial charge is 0.380 e. The molecule has 1 saturated carbocycles. The second-order valence-corrected chi connectivity index (χ2v) is 4.84. The Bertz CT molecular complexity index is 216. The third kappa shape index (κ3) is 2.30. The lowest BCUT2D eigenvalue weighted by Crippen LogP contribution is -2.60. The van der Waals surface area contributed by atoms with E-state index in [9.17, 15) is 18.3 Å². The molecule has 0 atom stereocenters. The second-order valence-electron chi connectivity index (χ2n) is 4.84. The molecular weight excluding hydrogens is 205 g/mol. The fourth-order valence-corrected chi connectivity index (χ4v) is 2.54. The average Bonchev–Trinajstić information content (AvgIpc) is 2.08. The molecule has 1 rings (SSSR count). The molecular formula is C11H19F3O. The van der Waals surface area contributed by atoms with E-state index in [1.165, 1.54) is 0 Å². The molecule has 4 heteroatoms. The molecule has 1 aliphatic carbocycles. The highest BCUT2D eigenvalue weighted by molar-refractivity contribution is 5.07. The molecule has 0 unspecified atom stereocenters. The molecule has 0 aromatic heterocycles. The minimum Gasteiger partial charge on any atom is -0.380 e. The molecule has 0 radical (unpaired) electrons. The van der Waals surface area contributed by atoms with Crippen LogP contribution in [0.15, 0.2) is 0 Å². The Morgan fingerprint density at radius 3 is 2.07 bits per heavy atom. The van der Waals surface area contributed by atoms with E-state index in [-0.39, 0.29) is 18.3 Å².